The molecule has 2 aliphatic carbocycles. The van der Waals surface area contributed by atoms with Gasteiger partial charge in [-0.1, -0.05) is 39.0 Å². The van der Waals surface area contributed by atoms with Crippen molar-refractivity contribution in [1.29, 1.82) is 0 Å². The van der Waals surface area contributed by atoms with E-state index in [-0.39, 0.29) is 0 Å². The van der Waals surface area contributed by atoms with Crippen molar-refractivity contribution < 1.29 is 0 Å². The lowest BCUT2D eigenvalue weighted by atomic mass is 9.73. The van der Waals surface area contributed by atoms with Crippen LogP contribution in [0.2, 0.25) is 0 Å². The Morgan fingerprint density at radius 1 is 1.05 bits per heavy atom. The average molecular weight is 266 g/mol. The number of rotatable bonds is 5. The van der Waals surface area contributed by atoms with Crippen LogP contribution in [0, 0.1) is 11.3 Å². The molecule has 0 aromatic carbocycles. The quantitative estimate of drug-likeness (QED) is 0.817. The van der Waals surface area contributed by atoms with Crippen molar-refractivity contribution in [3.05, 3.63) is 0 Å². The Bertz CT molecular complexity index is 252. The van der Waals surface area contributed by atoms with Crippen molar-refractivity contribution >= 4 is 0 Å². The molecule has 2 rings (SSSR count). The normalized spacial score (nSPS) is 31.6. The fourth-order valence-corrected chi connectivity index (χ4v) is 4.67. The third-order valence-electron chi connectivity index (χ3n) is 5.68. The molecule has 2 heteroatoms. The molecular weight excluding hydrogens is 232 g/mol. The first-order chi connectivity index (χ1) is 9.17. The largest absolute Gasteiger partial charge is 0.319 e. The zero-order chi connectivity index (χ0) is 13.7. The van der Waals surface area contributed by atoms with E-state index < -0.39 is 0 Å². The molecule has 2 saturated carbocycles. The first kappa shape index (κ1) is 15.3. The van der Waals surface area contributed by atoms with Gasteiger partial charge >= 0.3 is 0 Å². The smallest absolute Gasteiger partial charge is 0.0118 e. The number of nitrogens with zero attached hydrogens (tertiary/aromatic N) is 1. The summed E-state index contributed by atoms with van der Waals surface area (Å²) in [7, 11) is 4.51. The van der Waals surface area contributed by atoms with Crippen LogP contribution in [0.3, 0.4) is 0 Å². The third kappa shape index (κ3) is 3.95. The molecular formula is C17H34N2. The highest BCUT2D eigenvalue weighted by Crippen LogP contribution is 2.38. The van der Waals surface area contributed by atoms with E-state index in [2.05, 4.69) is 31.2 Å². The van der Waals surface area contributed by atoms with Gasteiger partial charge in [-0.15, -0.1) is 0 Å². The predicted molar refractivity (Wildman–Crippen MR) is 83.5 cm³/mol. The van der Waals surface area contributed by atoms with Gasteiger partial charge in [-0.2, -0.15) is 0 Å². The van der Waals surface area contributed by atoms with E-state index in [1.54, 1.807) is 0 Å². The Hall–Kier alpha value is -0.0800. The van der Waals surface area contributed by atoms with Crippen molar-refractivity contribution in [2.45, 2.75) is 70.8 Å². The highest BCUT2D eigenvalue weighted by molar-refractivity contribution is 4.90. The maximum atomic E-state index is 3.47. The van der Waals surface area contributed by atoms with Crippen molar-refractivity contribution in [3.8, 4) is 0 Å². The van der Waals surface area contributed by atoms with Gasteiger partial charge in [0, 0.05) is 19.1 Å². The highest BCUT2D eigenvalue weighted by Gasteiger charge is 2.35. The van der Waals surface area contributed by atoms with Crippen LogP contribution in [0.1, 0.15) is 64.7 Å². The highest BCUT2D eigenvalue weighted by atomic mass is 15.1. The Kier molecular flexibility index (Phi) is 5.70. The standard InChI is InChI=1S/C17H34N2/c1-15-9-5-6-10-16(15)19(3)14-17(13-18-2)11-7-4-8-12-17/h15-16,18H,4-14H2,1-3H3. The fourth-order valence-electron chi connectivity index (χ4n) is 4.67. The summed E-state index contributed by atoms with van der Waals surface area (Å²) in [5.41, 5.74) is 0.554. The molecule has 112 valence electrons. The van der Waals surface area contributed by atoms with Gasteiger partial charge in [0.25, 0.3) is 0 Å². The minimum atomic E-state index is 0.554. The minimum Gasteiger partial charge on any atom is -0.319 e. The van der Waals surface area contributed by atoms with Crippen molar-refractivity contribution in [2.24, 2.45) is 11.3 Å². The summed E-state index contributed by atoms with van der Waals surface area (Å²) in [6.45, 7) is 4.98. The molecule has 0 aromatic heterocycles. The summed E-state index contributed by atoms with van der Waals surface area (Å²) in [6.07, 6.45) is 13.0. The molecule has 2 aliphatic rings. The molecule has 2 fully saturated rings. The van der Waals surface area contributed by atoms with E-state index in [9.17, 15) is 0 Å². The summed E-state index contributed by atoms with van der Waals surface area (Å²) in [6, 6.07) is 0.837. The van der Waals surface area contributed by atoms with Crippen LogP contribution < -0.4 is 5.32 Å². The second-order valence-electron chi connectivity index (χ2n) is 7.34. The van der Waals surface area contributed by atoms with Crippen LogP contribution in [-0.4, -0.2) is 38.1 Å². The SMILES string of the molecule is CNCC1(CN(C)C2CCCCC2C)CCCCC1. The van der Waals surface area contributed by atoms with E-state index >= 15 is 0 Å². The first-order valence-corrected chi connectivity index (χ1v) is 8.52. The van der Waals surface area contributed by atoms with E-state index in [0.29, 0.717) is 5.41 Å². The van der Waals surface area contributed by atoms with Gasteiger partial charge < -0.3 is 10.2 Å². The molecule has 0 saturated heterocycles. The molecule has 0 amide bonds. The second-order valence-corrected chi connectivity index (χ2v) is 7.34. The fraction of sp³-hybridized carbons (Fsp3) is 1.00. The lowest BCUT2D eigenvalue weighted by Crippen LogP contribution is -2.48. The van der Waals surface area contributed by atoms with Crippen LogP contribution in [0.5, 0.6) is 0 Å². The topological polar surface area (TPSA) is 15.3 Å². The van der Waals surface area contributed by atoms with Gasteiger partial charge in [0.1, 0.15) is 0 Å². The monoisotopic (exact) mass is 266 g/mol. The summed E-state index contributed by atoms with van der Waals surface area (Å²) >= 11 is 0. The van der Waals surface area contributed by atoms with Gasteiger partial charge in [0.15, 0.2) is 0 Å². The maximum Gasteiger partial charge on any atom is 0.0118 e. The zero-order valence-corrected chi connectivity index (χ0v) is 13.4. The van der Waals surface area contributed by atoms with Crippen LogP contribution in [0.15, 0.2) is 0 Å². The minimum absolute atomic E-state index is 0.554. The van der Waals surface area contributed by atoms with Crippen LogP contribution in [-0.2, 0) is 0 Å². The van der Waals surface area contributed by atoms with Crippen LogP contribution in [0.25, 0.3) is 0 Å². The molecule has 0 radical (unpaired) electrons. The van der Waals surface area contributed by atoms with Gasteiger partial charge in [-0.05, 0) is 51.1 Å². The summed E-state index contributed by atoms with van der Waals surface area (Å²) in [4.78, 5) is 2.71. The number of hydrogen-bond donors (Lipinski definition) is 1. The van der Waals surface area contributed by atoms with E-state index in [1.807, 2.05) is 0 Å². The Balaban J connectivity index is 1.95. The number of nitrogens with one attached hydrogen (secondary N) is 1. The molecule has 0 spiro atoms. The Morgan fingerprint density at radius 2 is 1.74 bits per heavy atom. The molecule has 0 bridgehead atoms. The lowest BCUT2D eigenvalue weighted by Gasteiger charge is -2.44. The van der Waals surface area contributed by atoms with Gasteiger partial charge in [0.05, 0.1) is 0 Å². The molecule has 1 N–H and O–H groups in total. The Labute approximate surface area is 120 Å². The van der Waals surface area contributed by atoms with Crippen molar-refractivity contribution in [3.63, 3.8) is 0 Å². The van der Waals surface area contributed by atoms with Gasteiger partial charge in [0.2, 0.25) is 0 Å². The summed E-state index contributed by atoms with van der Waals surface area (Å²) < 4.78 is 0. The van der Waals surface area contributed by atoms with Crippen LogP contribution in [0.4, 0.5) is 0 Å². The molecule has 19 heavy (non-hydrogen) atoms. The molecule has 2 unspecified atom stereocenters. The van der Waals surface area contributed by atoms with Crippen LogP contribution >= 0.6 is 0 Å². The summed E-state index contributed by atoms with van der Waals surface area (Å²) in [5, 5.41) is 3.47. The number of hydrogen-bond acceptors (Lipinski definition) is 2. The third-order valence-corrected chi connectivity index (χ3v) is 5.68. The van der Waals surface area contributed by atoms with E-state index in [0.717, 1.165) is 12.0 Å². The molecule has 2 nitrogen and oxygen atoms in total. The van der Waals surface area contributed by atoms with E-state index in [4.69, 9.17) is 0 Å². The maximum absolute atomic E-state index is 3.47. The zero-order valence-electron chi connectivity index (χ0n) is 13.4. The summed E-state index contributed by atoms with van der Waals surface area (Å²) in [5.74, 6) is 0.897. The van der Waals surface area contributed by atoms with Crippen molar-refractivity contribution in [2.75, 3.05) is 27.2 Å². The molecule has 0 aromatic rings. The molecule has 0 heterocycles. The van der Waals surface area contributed by atoms with Crippen molar-refractivity contribution in [1.82, 2.24) is 10.2 Å². The first-order valence-electron chi connectivity index (χ1n) is 8.52. The Morgan fingerprint density at radius 3 is 2.37 bits per heavy atom. The predicted octanol–water partition coefficient (Wildman–Crippen LogP) is 3.67. The average Bonchev–Trinajstić information content (AvgIpc) is 2.40. The molecule has 0 aliphatic heterocycles. The molecule has 2 atom stereocenters. The van der Waals surface area contributed by atoms with Gasteiger partial charge in [-0.25, -0.2) is 0 Å². The second kappa shape index (κ2) is 7.08. The lowest BCUT2D eigenvalue weighted by molar-refractivity contribution is 0.0609. The van der Waals surface area contributed by atoms with Gasteiger partial charge in [-0.3, -0.25) is 0 Å². The van der Waals surface area contributed by atoms with E-state index in [1.165, 1.54) is 70.9 Å².